The fourth-order valence-electron chi connectivity index (χ4n) is 3.77. The van der Waals surface area contributed by atoms with Crippen molar-refractivity contribution in [3.05, 3.63) is 46.7 Å². The molecule has 7 N–H and O–H groups in total. The number of anilines is 2. The molecule has 0 aliphatic rings. The van der Waals surface area contributed by atoms with Crippen molar-refractivity contribution in [3.63, 3.8) is 0 Å². The van der Waals surface area contributed by atoms with Crippen molar-refractivity contribution >= 4 is 28.1 Å². The van der Waals surface area contributed by atoms with Crippen molar-refractivity contribution in [2.24, 2.45) is 0 Å². The standard InChI is InChI=1S/C24H30N2O5/c1-2-3-4-8-20-22(23(29)15-10-17(25)24(30)18(26)11-15)16-13-19(28)14(7-5-6-9-27)12-21(16)31-20/h10-13,27-28,30H,2-9,25-26H2,1H3. The van der Waals surface area contributed by atoms with E-state index in [-0.39, 0.29) is 40.8 Å². The fourth-order valence-corrected chi connectivity index (χ4v) is 3.77. The van der Waals surface area contributed by atoms with E-state index >= 15 is 0 Å². The van der Waals surface area contributed by atoms with Crippen LogP contribution in [0, 0.1) is 0 Å². The molecule has 3 aromatic rings. The lowest BCUT2D eigenvalue weighted by atomic mass is 9.96. The van der Waals surface area contributed by atoms with Crippen molar-refractivity contribution in [1.82, 2.24) is 0 Å². The van der Waals surface area contributed by atoms with Gasteiger partial charge >= 0.3 is 0 Å². The highest BCUT2D eigenvalue weighted by Gasteiger charge is 2.24. The predicted octanol–water partition coefficient (Wildman–Crippen LogP) is 4.29. The molecule has 0 unspecified atom stereocenters. The van der Waals surface area contributed by atoms with E-state index < -0.39 is 0 Å². The molecular weight excluding hydrogens is 396 g/mol. The summed E-state index contributed by atoms with van der Waals surface area (Å²) in [5.41, 5.74) is 13.5. The molecule has 0 atom stereocenters. The van der Waals surface area contributed by atoms with Gasteiger partial charge in [0.1, 0.15) is 17.1 Å². The van der Waals surface area contributed by atoms with Gasteiger partial charge in [0.15, 0.2) is 11.5 Å². The molecule has 3 rings (SSSR count). The lowest BCUT2D eigenvalue weighted by Crippen LogP contribution is -2.06. The third-order valence-corrected chi connectivity index (χ3v) is 5.48. The summed E-state index contributed by atoms with van der Waals surface area (Å²) in [5.74, 6) is 0.0775. The van der Waals surface area contributed by atoms with Gasteiger partial charge in [0, 0.05) is 24.0 Å². The first kappa shape index (κ1) is 22.5. The molecule has 2 aromatic carbocycles. The second kappa shape index (κ2) is 9.75. The van der Waals surface area contributed by atoms with Gasteiger partial charge in [-0.15, -0.1) is 0 Å². The molecule has 0 aliphatic carbocycles. The van der Waals surface area contributed by atoms with E-state index in [0.717, 1.165) is 25.7 Å². The number of aliphatic hydroxyl groups is 1. The fraction of sp³-hybridized carbons (Fsp3) is 0.375. The number of nitrogens with two attached hydrogens (primary N) is 2. The van der Waals surface area contributed by atoms with Crippen molar-refractivity contribution < 1.29 is 24.5 Å². The zero-order valence-corrected chi connectivity index (χ0v) is 17.8. The Morgan fingerprint density at radius 3 is 2.29 bits per heavy atom. The molecule has 0 spiro atoms. The van der Waals surface area contributed by atoms with E-state index in [4.69, 9.17) is 21.0 Å². The number of carbonyl (C=O) groups is 1. The van der Waals surface area contributed by atoms with E-state index in [2.05, 4.69) is 6.92 Å². The van der Waals surface area contributed by atoms with E-state index in [1.807, 2.05) is 0 Å². The number of furan rings is 1. The van der Waals surface area contributed by atoms with Crippen LogP contribution in [0.5, 0.6) is 11.5 Å². The highest BCUT2D eigenvalue weighted by molar-refractivity contribution is 6.17. The van der Waals surface area contributed by atoms with Crippen molar-refractivity contribution in [1.29, 1.82) is 0 Å². The van der Waals surface area contributed by atoms with Gasteiger partial charge in [0.05, 0.1) is 16.9 Å². The summed E-state index contributed by atoms with van der Waals surface area (Å²) in [6.07, 6.45) is 5.47. The number of nitrogen functional groups attached to an aromatic ring is 2. The molecule has 0 saturated carbocycles. The van der Waals surface area contributed by atoms with E-state index in [9.17, 15) is 15.0 Å². The largest absolute Gasteiger partial charge is 0.508 e. The summed E-state index contributed by atoms with van der Waals surface area (Å²) in [4.78, 5) is 13.4. The summed E-state index contributed by atoms with van der Waals surface area (Å²) < 4.78 is 6.08. The number of fused-ring (bicyclic) bond motifs is 1. The number of benzene rings is 2. The molecule has 0 saturated heterocycles. The molecule has 0 amide bonds. The number of aliphatic hydroxyl groups excluding tert-OH is 1. The van der Waals surface area contributed by atoms with Crippen LogP contribution in [0.2, 0.25) is 0 Å². The number of aryl methyl sites for hydroxylation is 2. The monoisotopic (exact) mass is 426 g/mol. The van der Waals surface area contributed by atoms with Crippen molar-refractivity contribution in [2.75, 3.05) is 18.1 Å². The van der Waals surface area contributed by atoms with Crippen molar-refractivity contribution in [3.8, 4) is 11.5 Å². The quantitative estimate of drug-likeness (QED) is 0.141. The van der Waals surface area contributed by atoms with Crippen LogP contribution in [0.1, 0.15) is 66.3 Å². The van der Waals surface area contributed by atoms with Gasteiger partial charge in [-0.1, -0.05) is 19.8 Å². The molecule has 7 heteroatoms. The molecule has 0 bridgehead atoms. The van der Waals surface area contributed by atoms with Crippen LogP contribution in [0.4, 0.5) is 11.4 Å². The maximum Gasteiger partial charge on any atom is 0.197 e. The second-order valence-corrected chi connectivity index (χ2v) is 7.85. The zero-order chi connectivity index (χ0) is 22.5. The third-order valence-electron chi connectivity index (χ3n) is 5.48. The Morgan fingerprint density at radius 1 is 0.968 bits per heavy atom. The molecule has 0 aliphatic heterocycles. The third kappa shape index (κ3) is 4.77. The first-order valence-electron chi connectivity index (χ1n) is 10.7. The van der Waals surface area contributed by atoms with Gasteiger partial charge in [-0.05, 0) is 55.5 Å². The van der Waals surface area contributed by atoms with Crippen LogP contribution in [-0.2, 0) is 12.8 Å². The van der Waals surface area contributed by atoms with Crippen LogP contribution in [0.25, 0.3) is 11.0 Å². The number of aromatic hydroxyl groups is 2. The molecule has 166 valence electrons. The number of rotatable bonds is 10. The molecule has 0 radical (unpaired) electrons. The summed E-state index contributed by atoms with van der Waals surface area (Å²) in [6, 6.07) is 6.12. The van der Waals surface area contributed by atoms with Crippen LogP contribution in [-0.4, -0.2) is 27.7 Å². The average Bonchev–Trinajstić information content (AvgIpc) is 3.08. The van der Waals surface area contributed by atoms with Gasteiger partial charge in [0.2, 0.25) is 0 Å². The maximum absolute atomic E-state index is 13.4. The molecular formula is C24H30N2O5. The first-order chi connectivity index (χ1) is 14.9. The van der Waals surface area contributed by atoms with Gasteiger partial charge in [-0.3, -0.25) is 4.79 Å². The molecule has 1 aromatic heterocycles. The number of ketones is 1. The predicted molar refractivity (Wildman–Crippen MR) is 121 cm³/mol. The van der Waals surface area contributed by atoms with Crippen molar-refractivity contribution in [2.45, 2.75) is 51.9 Å². The molecule has 7 nitrogen and oxygen atoms in total. The number of phenols is 2. The van der Waals surface area contributed by atoms with Gasteiger partial charge in [0.25, 0.3) is 0 Å². The van der Waals surface area contributed by atoms with Gasteiger partial charge in [-0.25, -0.2) is 0 Å². The van der Waals surface area contributed by atoms with Gasteiger partial charge in [-0.2, -0.15) is 0 Å². The number of carbonyl (C=O) groups excluding carboxylic acids is 1. The van der Waals surface area contributed by atoms with E-state index in [0.29, 0.717) is 47.1 Å². The Kier molecular flexibility index (Phi) is 7.07. The Bertz CT molecular complexity index is 1060. The number of unbranched alkanes of at least 4 members (excludes halogenated alkanes) is 3. The SMILES string of the molecule is CCCCCc1oc2cc(CCCCO)c(O)cc2c1C(=O)c1cc(N)c(O)c(N)c1. The minimum absolute atomic E-state index is 0.0256. The van der Waals surface area contributed by atoms with E-state index in [1.165, 1.54) is 12.1 Å². The van der Waals surface area contributed by atoms with Crippen LogP contribution in [0.15, 0.2) is 28.7 Å². The second-order valence-electron chi connectivity index (χ2n) is 7.85. The van der Waals surface area contributed by atoms with Crippen LogP contribution >= 0.6 is 0 Å². The highest BCUT2D eigenvalue weighted by atomic mass is 16.3. The maximum atomic E-state index is 13.4. The smallest absolute Gasteiger partial charge is 0.197 e. The lowest BCUT2D eigenvalue weighted by molar-refractivity contribution is 0.103. The summed E-state index contributed by atoms with van der Waals surface area (Å²) in [7, 11) is 0. The average molecular weight is 427 g/mol. The van der Waals surface area contributed by atoms with Crippen LogP contribution in [0.3, 0.4) is 0 Å². The minimum Gasteiger partial charge on any atom is -0.508 e. The Labute approximate surface area is 181 Å². The number of hydrogen-bond acceptors (Lipinski definition) is 7. The zero-order valence-electron chi connectivity index (χ0n) is 17.8. The lowest BCUT2D eigenvalue weighted by Gasteiger charge is -2.08. The van der Waals surface area contributed by atoms with Crippen LogP contribution < -0.4 is 11.5 Å². The number of phenolic OH excluding ortho intramolecular Hbond substituents is 2. The summed E-state index contributed by atoms with van der Waals surface area (Å²) in [5, 5.41) is 29.9. The van der Waals surface area contributed by atoms with Gasteiger partial charge < -0.3 is 31.2 Å². The summed E-state index contributed by atoms with van der Waals surface area (Å²) >= 11 is 0. The molecule has 0 fully saturated rings. The Morgan fingerprint density at radius 2 is 1.65 bits per heavy atom. The number of hydrogen-bond donors (Lipinski definition) is 5. The minimum atomic E-state index is -0.323. The normalized spacial score (nSPS) is 11.3. The molecule has 1 heterocycles. The van der Waals surface area contributed by atoms with E-state index in [1.54, 1.807) is 12.1 Å². The highest BCUT2D eigenvalue weighted by Crippen LogP contribution is 2.36. The Hall–Kier alpha value is -3.19. The molecule has 31 heavy (non-hydrogen) atoms. The first-order valence-corrected chi connectivity index (χ1v) is 10.7. The Balaban J connectivity index is 2.09. The topological polar surface area (TPSA) is 143 Å². The summed E-state index contributed by atoms with van der Waals surface area (Å²) in [6.45, 7) is 2.20.